The van der Waals surface area contributed by atoms with E-state index in [0.717, 1.165) is 19.3 Å². The van der Waals surface area contributed by atoms with E-state index in [2.05, 4.69) is 11.0 Å². The molecule has 4 nitrogen and oxygen atoms in total. The van der Waals surface area contributed by atoms with E-state index in [1.165, 1.54) is 0 Å². The van der Waals surface area contributed by atoms with Crippen molar-refractivity contribution in [1.82, 2.24) is 4.72 Å². The van der Waals surface area contributed by atoms with Crippen LogP contribution in [0.1, 0.15) is 30.4 Å². The molecule has 1 aliphatic carbocycles. The number of sulfonamides is 1. The number of nitrogens with one attached hydrogen (secondary N) is 1. The van der Waals surface area contributed by atoms with Crippen molar-refractivity contribution < 1.29 is 8.42 Å². The molecule has 0 heterocycles. The number of hydrogen-bond acceptors (Lipinski definition) is 4. The van der Waals surface area contributed by atoms with E-state index in [1.807, 2.05) is 6.07 Å². The lowest BCUT2D eigenvalue weighted by Crippen LogP contribution is -2.34. The largest absolute Gasteiger partial charge is 0.216 e. The fraction of sp³-hybridized carbons (Fsp3) is 0.500. The summed E-state index contributed by atoms with van der Waals surface area (Å²) in [6.07, 6.45) is 4.97. The van der Waals surface area contributed by atoms with Gasteiger partial charge >= 0.3 is 0 Å². The summed E-state index contributed by atoms with van der Waals surface area (Å²) in [7, 11) is -3.31. The van der Waals surface area contributed by atoms with Crippen molar-refractivity contribution >= 4 is 21.8 Å². The SMILES string of the molecule is CSC1CCC(NS(=O)(=O)Cc2ccc(C#N)cc2)C1. The fourth-order valence-corrected chi connectivity index (χ4v) is 4.68. The first kappa shape index (κ1) is 15.4. The van der Waals surface area contributed by atoms with Crippen molar-refractivity contribution in [3.05, 3.63) is 35.4 Å². The van der Waals surface area contributed by atoms with E-state index >= 15 is 0 Å². The average Bonchev–Trinajstić information content (AvgIpc) is 2.86. The summed E-state index contributed by atoms with van der Waals surface area (Å²) >= 11 is 1.80. The molecule has 2 rings (SSSR count). The number of rotatable bonds is 5. The fourth-order valence-electron chi connectivity index (χ4n) is 2.45. The Morgan fingerprint density at radius 2 is 2.05 bits per heavy atom. The van der Waals surface area contributed by atoms with Crippen LogP contribution in [-0.4, -0.2) is 26.0 Å². The maximum atomic E-state index is 12.1. The minimum absolute atomic E-state index is 0.0286. The summed E-state index contributed by atoms with van der Waals surface area (Å²) in [5, 5.41) is 9.28. The zero-order valence-corrected chi connectivity index (χ0v) is 13.0. The topological polar surface area (TPSA) is 70.0 Å². The number of thioether (sulfide) groups is 1. The van der Waals surface area contributed by atoms with E-state index in [4.69, 9.17) is 5.26 Å². The molecule has 1 saturated carbocycles. The minimum atomic E-state index is -3.31. The van der Waals surface area contributed by atoms with Crippen molar-refractivity contribution in [3.63, 3.8) is 0 Å². The van der Waals surface area contributed by atoms with Crippen molar-refractivity contribution in [2.24, 2.45) is 0 Å². The highest BCUT2D eigenvalue weighted by atomic mass is 32.2. The second-order valence-electron chi connectivity index (χ2n) is 5.05. The number of benzene rings is 1. The Morgan fingerprint density at radius 3 is 2.60 bits per heavy atom. The minimum Gasteiger partial charge on any atom is -0.212 e. The van der Waals surface area contributed by atoms with Crippen LogP contribution in [-0.2, 0) is 15.8 Å². The first-order valence-corrected chi connectivity index (χ1v) is 9.48. The molecule has 108 valence electrons. The molecule has 2 unspecified atom stereocenters. The van der Waals surface area contributed by atoms with Gasteiger partial charge in [-0.2, -0.15) is 17.0 Å². The Balaban J connectivity index is 1.95. The second kappa shape index (κ2) is 6.61. The molecule has 0 aromatic heterocycles. The Kier molecular flexibility index (Phi) is 5.08. The Bertz CT molecular complexity index is 591. The molecule has 20 heavy (non-hydrogen) atoms. The Morgan fingerprint density at radius 1 is 1.35 bits per heavy atom. The zero-order valence-electron chi connectivity index (χ0n) is 11.4. The van der Waals surface area contributed by atoms with E-state index in [9.17, 15) is 8.42 Å². The molecular formula is C14H18N2O2S2. The number of nitriles is 1. The molecule has 0 amide bonds. The van der Waals surface area contributed by atoms with Gasteiger partial charge in [-0.15, -0.1) is 0 Å². The van der Waals surface area contributed by atoms with Crippen molar-refractivity contribution in [2.45, 2.75) is 36.3 Å². The summed E-state index contributed by atoms with van der Waals surface area (Å²) in [5.41, 5.74) is 1.24. The second-order valence-corrected chi connectivity index (χ2v) is 7.95. The highest BCUT2D eigenvalue weighted by molar-refractivity contribution is 7.99. The third-order valence-corrected chi connectivity index (χ3v) is 6.00. The quantitative estimate of drug-likeness (QED) is 0.905. The van der Waals surface area contributed by atoms with E-state index in [0.29, 0.717) is 16.4 Å². The highest BCUT2D eigenvalue weighted by Gasteiger charge is 2.27. The van der Waals surface area contributed by atoms with Gasteiger partial charge in [0, 0.05) is 11.3 Å². The Labute approximate surface area is 124 Å². The van der Waals surface area contributed by atoms with Crippen molar-refractivity contribution in [1.29, 1.82) is 5.26 Å². The molecule has 6 heteroatoms. The smallest absolute Gasteiger partial charge is 0.212 e. The molecule has 1 fully saturated rings. The lowest BCUT2D eigenvalue weighted by atomic mass is 10.2. The molecule has 2 atom stereocenters. The van der Waals surface area contributed by atoms with E-state index < -0.39 is 10.0 Å². The lowest BCUT2D eigenvalue weighted by Gasteiger charge is -2.13. The van der Waals surface area contributed by atoms with Crippen LogP contribution in [0.15, 0.2) is 24.3 Å². The highest BCUT2D eigenvalue weighted by Crippen LogP contribution is 2.28. The van der Waals surface area contributed by atoms with Gasteiger partial charge < -0.3 is 0 Å². The lowest BCUT2D eigenvalue weighted by molar-refractivity contribution is 0.552. The summed E-state index contributed by atoms with van der Waals surface area (Å²) in [4.78, 5) is 0. The van der Waals surface area contributed by atoms with Crippen LogP contribution in [0.5, 0.6) is 0 Å². The van der Waals surface area contributed by atoms with Crippen LogP contribution in [0.4, 0.5) is 0 Å². The molecule has 0 radical (unpaired) electrons. The Hall–Kier alpha value is -1.03. The maximum Gasteiger partial charge on any atom is 0.216 e. The molecule has 0 aliphatic heterocycles. The van der Waals surface area contributed by atoms with Crippen molar-refractivity contribution in [2.75, 3.05) is 6.26 Å². The summed E-state index contributed by atoms with van der Waals surface area (Å²) in [6, 6.07) is 8.75. The molecule has 1 aromatic rings. The van der Waals surface area contributed by atoms with Gasteiger partial charge in [-0.1, -0.05) is 12.1 Å². The molecule has 1 N–H and O–H groups in total. The zero-order chi connectivity index (χ0) is 14.6. The standard InChI is InChI=1S/C14H18N2O2S2/c1-19-14-7-6-13(8-14)16-20(17,18)10-12-4-2-11(9-15)3-5-12/h2-5,13-14,16H,6-8,10H2,1H3. The van der Waals surface area contributed by atoms with Gasteiger partial charge in [0.1, 0.15) is 0 Å². The van der Waals surface area contributed by atoms with Gasteiger partial charge in [-0.25, -0.2) is 13.1 Å². The monoisotopic (exact) mass is 310 g/mol. The summed E-state index contributed by atoms with van der Waals surface area (Å²) in [6.45, 7) is 0. The van der Waals surface area contributed by atoms with Crippen LogP contribution in [0, 0.1) is 11.3 Å². The predicted octanol–water partition coefficient (Wildman–Crippen LogP) is 2.26. The molecular weight excluding hydrogens is 292 g/mol. The van der Waals surface area contributed by atoms with Gasteiger partial charge in [0.25, 0.3) is 0 Å². The van der Waals surface area contributed by atoms with Gasteiger partial charge in [-0.3, -0.25) is 0 Å². The first-order valence-electron chi connectivity index (χ1n) is 6.54. The van der Waals surface area contributed by atoms with Crippen LogP contribution in [0.2, 0.25) is 0 Å². The number of hydrogen-bond donors (Lipinski definition) is 1. The molecule has 1 aromatic carbocycles. The number of nitrogens with zero attached hydrogens (tertiary/aromatic N) is 1. The van der Waals surface area contributed by atoms with E-state index in [1.54, 1.807) is 36.0 Å². The van der Waals surface area contributed by atoms with Gasteiger partial charge in [0.15, 0.2) is 0 Å². The molecule has 1 aliphatic rings. The van der Waals surface area contributed by atoms with Crippen LogP contribution >= 0.6 is 11.8 Å². The van der Waals surface area contributed by atoms with E-state index in [-0.39, 0.29) is 11.8 Å². The molecule has 0 spiro atoms. The van der Waals surface area contributed by atoms with Crippen LogP contribution in [0.25, 0.3) is 0 Å². The predicted molar refractivity (Wildman–Crippen MR) is 81.9 cm³/mol. The summed E-state index contributed by atoms with van der Waals surface area (Å²) < 4.78 is 27.0. The van der Waals surface area contributed by atoms with Crippen LogP contribution < -0.4 is 4.72 Å². The van der Waals surface area contributed by atoms with Gasteiger partial charge in [0.05, 0.1) is 17.4 Å². The van der Waals surface area contributed by atoms with Crippen LogP contribution in [0.3, 0.4) is 0 Å². The normalized spacial score (nSPS) is 22.6. The average molecular weight is 310 g/mol. The first-order chi connectivity index (χ1) is 9.52. The third kappa shape index (κ3) is 4.23. The molecule has 0 saturated heterocycles. The van der Waals surface area contributed by atoms with Crippen molar-refractivity contribution in [3.8, 4) is 6.07 Å². The van der Waals surface area contributed by atoms with Gasteiger partial charge in [0.2, 0.25) is 10.0 Å². The summed E-state index contributed by atoms with van der Waals surface area (Å²) in [5.74, 6) is -0.0286. The third-order valence-electron chi connectivity index (χ3n) is 3.50. The molecule has 0 bridgehead atoms. The van der Waals surface area contributed by atoms with Gasteiger partial charge in [-0.05, 0) is 43.2 Å². The maximum absolute atomic E-state index is 12.1.